The maximum Gasteiger partial charge on any atom is 0.303 e. The molecule has 1 fully saturated rings. The minimum Gasteiger partial charge on any atom is -0.481 e. The molecule has 6 nitrogen and oxygen atoms in total. The maximum atomic E-state index is 11.2. The Bertz CT molecular complexity index is 484. The fourth-order valence-corrected chi connectivity index (χ4v) is 2.98. The fraction of sp³-hybridized carbons (Fsp3) is 0.667. The van der Waals surface area contributed by atoms with Gasteiger partial charge in [-0.2, -0.15) is 4.98 Å². The predicted molar refractivity (Wildman–Crippen MR) is 82.6 cm³/mol. The van der Waals surface area contributed by atoms with Crippen molar-refractivity contribution in [3.05, 3.63) is 12.3 Å². The SMILES string of the molecule is CN(C)c1nccc(NCC2(CC(=O)O)CCCCC2)n1. The van der Waals surface area contributed by atoms with E-state index >= 15 is 0 Å². The number of anilines is 2. The molecule has 1 heterocycles. The molecule has 2 rings (SSSR count). The normalized spacial score (nSPS) is 17.2. The number of carboxylic acids is 1. The first-order valence-electron chi connectivity index (χ1n) is 7.47. The van der Waals surface area contributed by atoms with E-state index in [9.17, 15) is 9.90 Å². The van der Waals surface area contributed by atoms with E-state index in [0.29, 0.717) is 12.5 Å². The van der Waals surface area contributed by atoms with Crippen LogP contribution in [0.2, 0.25) is 0 Å². The van der Waals surface area contributed by atoms with E-state index in [2.05, 4.69) is 15.3 Å². The fourth-order valence-electron chi connectivity index (χ4n) is 2.98. The summed E-state index contributed by atoms with van der Waals surface area (Å²) in [7, 11) is 3.79. The highest BCUT2D eigenvalue weighted by molar-refractivity contribution is 5.68. The van der Waals surface area contributed by atoms with Gasteiger partial charge in [0.15, 0.2) is 0 Å². The van der Waals surface area contributed by atoms with Gasteiger partial charge >= 0.3 is 5.97 Å². The molecule has 0 amide bonds. The van der Waals surface area contributed by atoms with E-state index in [0.717, 1.165) is 31.5 Å². The van der Waals surface area contributed by atoms with E-state index < -0.39 is 5.97 Å². The van der Waals surface area contributed by atoms with Crippen LogP contribution in [0.1, 0.15) is 38.5 Å². The molecule has 0 radical (unpaired) electrons. The molecule has 0 bridgehead atoms. The van der Waals surface area contributed by atoms with Crippen LogP contribution >= 0.6 is 0 Å². The summed E-state index contributed by atoms with van der Waals surface area (Å²) in [5, 5.41) is 12.5. The molecule has 1 aromatic rings. The minimum atomic E-state index is -0.713. The van der Waals surface area contributed by atoms with Crippen LogP contribution in [0.3, 0.4) is 0 Å². The van der Waals surface area contributed by atoms with Gasteiger partial charge in [0.25, 0.3) is 0 Å². The first-order valence-corrected chi connectivity index (χ1v) is 7.47. The van der Waals surface area contributed by atoms with Crippen LogP contribution in [0, 0.1) is 5.41 Å². The summed E-state index contributed by atoms with van der Waals surface area (Å²) < 4.78 is 0. The minimum absolute atomic E-state index is 0.146. The molecule has 6 heteroatoms. The molecule has 0 spiro atoms. The Labute approximate surface area is 125 Å². The van der Waals surface area contributed by atoms with E-state index in [1.807, 2.05) is 25.1 Å². The second kappa shape index (κ2) is 6.74. The summed E-state index contributed by atoms with van der Waals surface area (Å²) in [4.78, 5) is 21.6. The first-order chi connectivity index (χ1) is 10.0. The Kier molecular flexibility index (Phi) is 4.98. The van der Waals surface area contributed by atoms with Gasteiger partial charge in [0, 0.05) is 26.8 Å². The third-order valence-corrected chi connectivity index (χ3v) is 4.13. The van der Waals surface area contributed by atoms with Crippen LogP contribution < -0.4 is 10.2 Å². The summed E-state index contributed by atoms with van der Waals surface area (Å²) in [5.74, 6) is 0.690. The van der Waals surface area contributed by atoms with E-state index in [1.165, 1.54) is 6.42 Å². The molecule has 1 aliphatic rings. The third-order valence-electron chi connectivity index (χ3n) is 4.13. The number of aromatic nitrogens is 2. The standard InChI is InChI=1S/C15H24N4O2/c1-19(2)14-16-9-6-12(18-14)17-11-15(10-13(20)21)7-4-3-5-8-15/h6,9H,3-5,7-8,10-11H2,1-2H3,(H,20,21)(H,16,17,18). The third kappa shape index (κ3) is 4.31. The molecule has 21 heavy (non-hydrogen) atoms. The van der Waals surface area contributed by atoms with Crippen LogP contribution in [0.15, 0.2) is 12.3 Å². The highest BCUT2D eigenvalue weighted by Crippen LogP contribution is 2.39. The van der Waals surface area contributed by atoms with Crippen molar-refractivity contribution in [3.63, 3.8) is 0 Å². The lowest BCUT2D eigenvalue weighted by molar-refractivity contribution is -0.140. The van der Waals surface area contributed by atoms with Gasteiger partial charge in [-0.05, 0) is 24.3 Å². The second-order valence-electron chi connectivity index (χ2n) is 6.12. The topological polar surface area (TPSA) is 78.4 Å². The van der Waals surface area contributed by atoms with Crippen LogP contribution in [-0.2, 0) is 4.79 Å². The van der Waals surface area contributed by atoms with E-state index in [1.54, 1.807) is 6.20 Å². The highest BCUT2D eigenvalue weighted by atomic mass is 16.4. The van der Waals surface area contributed by atoms with Crippen molar-refractivity contribution < 1.29 is 9.90 Å². The number of rotatable bonds is 6. The average Bonchev–Trinajstić information content (AvgIpc) is 2.46. The Hall–Kier alpha value is -1.85. The van der Waals surface area contributed by atoms with E-state index in [4.69, 9.17) is 0 Å². The summed E-state index contributed by atoms with van der Waals surface area (Å²) in [6, 6.07) is 1.82. The number of nitrogens with zero attached hydrogens (tertiary/aromatic N) is 3. The van der Waals surface area contributed by atoms with Gasteiger partial charge in [-0.1, -0.05) is 19.3 Å². The van der Waals surface area contributed by atoms with Crippen molar-refractivity contribution in [2.75, 3.05) is 30.9 Å². The molecular formula is C15H24N4O2. The number of hydrogen-bond acceptors (Lipinski definition) is 5. The summed E-state index contributed by atoms with van der Waals surface area (Å²) >= 11 is 0. The number of aliphatic carboxylic acids is 1. The molecule has 1 aromatic heterocycles. The van der Waals surface area contributed by atoms with E-state index in [-0.39, 0.29) is 11.8 Å². The quantitative estimate of drug-likeness (QED) is 0.838. The van der Waals surface area contributed by atoms with Crippen LogP contribution in [0.5, 0.6) is 0 Å². The van der Waals surface area contributed by atoms with Crippen molar-refractivity contribution in [2.45, 2.75) is 38.5 Å². The van der Waals surface area contributed by atoms with Crippen molar-refractivity contribution >= 4 is 17.7 Å². The lowest BCUT2D eigenvalue weighted by atomic mass is 9.72. The Morgan fingerprint density at radius 2 is 2.10 bits per heavy atom. The van der Waals surface area contributed by atoms with Gasteiger partial charge < -0.3 is 15.3 Å². The van der Waals surface area contributed by atoms with Gasteiger partial charge in [0.1, 0.15) is 5.82 Å². The number of nitrogens with one attached hydrogen (secondary N) is 1. The maximum absolute atomic E-state index is 11.2. The molecule has 116 valence electrons. The van der Waals surface area contributed by atoms with Gasteiger partial charge in [-0.25, -0.2) is 4.98 Å². The number of carbonyl (C=O) groups is 1. The molecule has 0 aliphatic heterocycles. The molecule has 1 saturated carbocycles. The van der Waals surface area contributed by atoms with Crippen LogP contribution in [0.25, 0.3) is 0 Å². The largest absolute Gasteiger partial charge is 0.481 e. The lowest BCUT2D eigenvalue weighted by Gasteiger charge is -2.36. The average molecular weight is 292 g/mol. The lowest BCUT2D eigenvalue weighted by Crippen LogP contribution is -2.34. The van der Waals surface area contributed by atoms with Crippen molar-refractivity contribution in [3.8, 4) is 0 Å². The predicted octanol–water partition coefficient (Wildman–Crippen LogP) is 2.38. The van der Waals surface area contributed by atoms with Gasteiger partial charge in [0.05, 0.1) is 6.42 Å². The molecule has 0 unspecified atom stereocenters. The number of hydrogen-bond donors (Lipinski definition) is 2. The number of carboxylic acid groups (broad SMARTS) is 1. The Morgan fingerprint density at radius 3 is 2.71 bits per heavy atom. The van der Waals surface area contributed by atoms with Crippen LogP contribution in [0.4, 0.5) is 11.8 Å². The molecule has 1 aliphatic carbocycles. The summed E-state index contributed by atoms with van der Waals surface area (Å²) in [6.07, 6.45) is 7.32. The zero-order chi connectivity index (χ0) is 15.3. The van der Waals surface area contributed by atoms with Gasteiger partial charge in [0.2, 0.25) is 5.95 Å². The van der Waals surface area contributed by atoms with Crippen molar-refractivity contribution in [2.24, 2.45) is 5.41 Å². The van der Waals surface area contributed by atoms with Gasteiger partial charge in [-0.15, -0.1) is 0 Å². The second-order valence-corrected chi connectivity index (χ2v) is 6.12. The molecule has 0 atom stereocenters. The van der Waals surface area contributed by atoms with Crippen molar-refractivity contribution in [1.82, 2.24) is 9.97 Å². The molecule has 0 saturated heterocycles. The smallest absolute Gasteiger partial charge is 0.303 e. The van der Waals surface area contributed by atoms with Crippen molar-refractivity contribution in [1.29, 1.82) is 0 Å². The molecular weight excluding hydrogens is 268 g/mol. The zero-order valence-electron chi connectivity index (χ0n) is 12.8. The Morgan fingerprint density at radius 1 is 1.38 bits per heavy atom. The summed E-state index contributed by atoms with van der Waals surface area (Å²) in [6.45, 7) is 0.656. The Balaban J connectivity index is 2.04. The zero-order valence-corrected chi connectivity index (χ0v) is 12.8. The monoisotopic (exact) mass is 292 g/mol. The summed E-state index contributed by atoms with van der Waals surface area (Å²) in [5.41, 5.74) is -0.146. The van der Waals surface area contributed by atoms with Crippen LogP contribution in [-0.4, -0.2) is 41.7 Å². The first kappa shape index (κ1) is 15.5. The molecule has 0 aromatic carbocycles. The van der Waals surface area contributed by atoms with Gasteiger partial charge in [-0.3, -0.25) is 4.79 Å². The highest BCUT2D eigenvalue weighted by Gasteiger charge is 2.34. The molecule has 2 N–H and O–H groups in total.